The van der Waals surface area contributed by atoms with Crippen molar-refractivity contribution in [2.24, 2.45) is 5.41 Å². The van der Waals surface area contributed by atoms with Gasteiger partial charge in [0.2, 0.25) is 11.8 Å². The Morgan fingerprint density at radius 2 is 1.61 bits per heavy atom. The molecular weight excluding hydrogens is 360 g/mol. The standard InChI is InChI=1S/C21H22N2O5/c1-3-28-17-9-7-15(8-10-17)22-19(25)21(11-12-21)20(26)23-16-6-4-5-14(13-16)18(24)27-2/h4-10,13H,3,11-12H2,1-2H3,(H,22,25)(H,23,26). The van der Waals surface area contributed by atoms with Gasteiger partial charge < -0.3 is 20.1 Å². The Kier molecular flexibility index (Phi) is 5.63. The van der Waals surface area contributed by atoms with E-state index in [9.17, 15) is 14.4 Å². The Hall–Kier alpha value is -3.35. The van der Waals surface area contributed by atoms with Crippen molar-refractivity contribution in [3.8, 4) is 5.75 Å². The van der Waals surface area contributed by atoms with Crippen LogP contribution in [0.25, 0.3) is 0 Å². The lowest BCUT2D eigenvalue weighted by molar-refractivity contribution is -0.131. The van der Waals surface area contributed by atoms with Crippen molar-refractivity contribution in [1.82, 2.24) is 0 Å². The molecular formula is C21H22N2O5. The van der Waals surface area contributed by atoms with Gasteiger partial charge in [-0.3, -0.25) is 9.59 Å². The molecule has 2 aromatic carbocycles. The molecule has 2 amide bonds. The molecule has 0 atom stereocenters. The predicted octanol–water partition coefficient (Wildman–Crippen LogP) is 3.23. The molecule has 0 radical (unpaired) electrons. The molecule has 0 aliphatic heterocycles. The van der Waals surface area contributed by atoms with Gasteiger partial charge in [-0.1, -0.05) is 6.07 Å². The minimum Gasteiger partial charge on any atom is -0.494 e. The van der Waals surface area contributed by atoms with Crippen LogP contribution in [-0.2, 0) is 14.3 Å². The Morgan fingerprint density at radius 1 is 0.964 bits per heavy atom. The van der Waals surface area contributed by atoms with Crippen LogP contribution >= 0.6 is 0 Å². The first-order valence-electron chi connectivity index (χ1n) is 9.02. The molecule has 0 bridgehead atoms. The van der Waals surface area contributed by atoms with Crippen LogP contribution in [0.3, 0.4) is 0 Å². The molecule has 146 valence electrons. The topological polar surface area (TPSA) is 93.7 Å². The second-order valence-electron chi connectivity index (χ2n) is 6.52. The molecule has 2 N–H and O–H groups in total. The fourth-order valence-corrected chi connectivity index (χ4v) is 2.83. The van der Waals surface area contributed by atoms with Gasteiger partial charge in [0.05, 0.1) is 19.3 Å². The first-order valence-corrected chi connectivity index (χ1v) is 9.02. The van der Waals surface area contributed by atoms with E-state index in [2.05, 4.69) is 15.4 Å². The van der Waals surface area contributed by atoms with Crippen LogP contribution in [0, 0.1) is 5.41 Å². The van der Waals surface area contributed by atoms with E-state index in [1.54, 1.807) is 42.5 Å². The van der Waals surface area contributed by atoms with E-state index >= 15 is 0 Å². The van der Waals surface area contributed by atoms with Gasteiger partial charge >= 0.3 is 5.97 Å². The molecule has 3 rings (SSSR count). The van der Waals surface area contributed by atoms with Crippen molar-refractivity contribution in [3.05, 3.63) is 54.1 Å². The Bertz CT molecular complexity index is 888. The van der Waals surface area contributed by atoms with Crippen molar-refractivity contribution >= 4 is 29.2 Å². The molecule has 0 aromatic heterocycles. The van der Waals surface area contributed by atoms with Gasteiger partial charge in [-0.2, -0.15) is 0 Å². The van der Waals surface area contributed by atoms with Crippen LogP contribution in [-0.4, -0.2) is 31.5 Å². The Morgan fingerprint density at radius 3 is 2.18 bits per heavy atom. The maximum Gasteiger partial charge on any atom is 0.337 e. The summed E-state index contributed by atoms with van der Waals surface area (Å²) in [5.41, 5.74) is 0.261. The van der Waals surface area contributed by atoms with E-state index in [4.69, 9.17) is 4.74 Å². The van der Waals surface area contributed by atoms with Gasteiger partial charge in [-0.15, -0.1) is 0 Å². The normalized spacial score (nSPS) is 13.9. The highest BCUT2D eigenvalue weighted by atomic mass is 16.5. The summed E-state index contributed by atoms with van der Waals surface area (Å²) in [6.07, 6.45) is 0.941. The van der Waals surface area contributed by atoms with Crippen molar-refractivity contribution in [2.45, 2.75) is 19.8 Å². The van der Waals surface area contributed by atoms with E-state index in [1.807, 2.05) is 6.92 Å². The number of benzene rings is 2. The van der Waals surface area contributed by atoms with E-state index in [0.717, 1.165) is 0 Å². The summed E-state index contributed by atoms with van der Waals surface area (Å²) < 4.78 is 10.1. The summed E-state index contributed by atoms with van der Waals surface area (Å²) in [6.45, 7) is 2.46. The third-order valence-corrected chi connectivity index (χ3v) is 4.58. The number of ether oxygens (including phenoxy) is 2. The minimum atomic E-state index is -1.10. The maximum absolute atomic E-state index is 12.7. The molecule has 1 aliphatic rings. The van der Waals surface area contributed by atoms with Gasteiger partial charge in [0, 0.05) is 11.4 Å². The molecule has 2 aromatic rings. The molecule has 1 saturated carbocycles. The van der Waals surface area contributed by atoms with Crippen LogP contribution in [0.4, 0.5) is 11.4 Å². The van der Waals surface area contributed by atoms with Crippen LogP contribution in [0.5, 0.6) is 5.75 Å². The van der Waals surface area contributed by atoms with Crippen molar-refractivity contribution in [1.29, 1.82) is 0 Å². The van der Waals surface area contributed by atoms with Gasteiger partial charge in [-0.25, -0.2) is 4.79 Å². The lowest BCUT2D eigenvalue weighted by atomic mass is 10.0. The van der Waals surface area contributed by atoms with Crippen LogP contribution in [0.15, 0.2) is 48.5 Å². The summed E-state index contributed by atoms with van der Waals surface area (Å²) in [5, 5.41) is 5.52. The number of esters is 1. The van der Waals surface area contributed by atoms with Gasteiger partial charge in [0.1, 0.15) is 11.2 Å². The first kappa shape index (κ1) is 19.4. The second kappa shape index (κ2) is 8.12. The number of hydrogen-bond acceptors (Lipinski definition) is 5. The number of carbonyl (C=O) groups is 3. The Balaban J connectivity index is 1.66. The molecule has 0 unspecified atom stereocenters. The van der Waals surface area contributed by atoms with Crippen LogP contribution in [0.1, 0.15) is 30.1 Å². The highest BCUT2D eigenvalue weighted by molar-refractivity contribution is 6.17. The third kappa shape index (κ3) is 4.14. The van der Waals surface area contributed by atoms with Gasteiger partial charge in [0.15, 0.2) is 0 Å². The van der Waals surface area contributed by atoms with Crippen molar-refractivity contribution in [2.75, 3.05) is 24.4 Å². The van der Waals surface area contributed by atoms with E-state index in [-0.39, 0.29) is 5.91 Å². The average Bonchev–Trinajstić information content (AvgIpc) is 3.51. The highest BCUT2D eigenvalue weighted by Crippen LogP contribution is 2.47. The molecule has 0 spiro atoms. The smallest absolute Gasteiger partial charge is 0.337 e. The molecule has 1 aliphatic carbocycles. The van der Waals surface area contributed by atoms with Gasteiger partial charge in [-0.05, 0) is 62.2 Å². The van der Waals surface area contributed by atoms with E-state index in [0.29, 0.717) is 42.1 Å². The van der Waals surface area contributed by atoms with Gasteiger partial charge in [0.25, 0.3) is 0 Å². The summed E-state index contributed by atoms with van der Waals surface area (Å²) in [5.74, 6) is -0.522. The number of methoxy groups -OCH3 is 1. The monoisotopic (exact) mass is 382 g/mol. The molecule has 7 heteroatoms. The zero-order valence-corrected chi connectivity index (χ0v) is 15.8. The predicted molar refractivity (Wildman–Crippen MR) is 104 cm³/mol. The van der Waals surface area contributed by atoms with Crippen LogP contribution in [0.2, 0.25) is 0 Å². The maximum atomic E-state index is 12.7. The average molecular weight is 382 g/mol. The molecule has 0 saturated heterocycles. The second-order valence-corrected chi connectivity index (χ2v) is 6.52. The lowest BCUT2D eigenvalue weighted by Crippen LogP contribution is -2.35. The summed E-state index contributed by atoms with van der Waals surface area (Å²) in [6, 6.07) is 13.4. The SMILES string of the molecule is CCOc1ccc(NC(=O)C2(C(=O)Nc3cccc(C(=O)OC)c3)CC2)cc1. The number of hydrogen-bond donors (Lipinski definition) is 2. The Labute approximate surface area is 163 Å². The van der Waals surface area contributed by atoms with Crippen molar-refractivity contribution < 1.29 is 23.9 Å². The lowest BCUT2D eigenvalue weighted by Gasteiger charge is -2.16. The van der Waals surface area contributed by atoms with E-state index in [1.165, 1.54) is 13.2 Å². The quantitative estimate of drug-likeness (QED) is 0.566. The van der Waals surface area contributed by atoms with Crippen molar-refractivity contribution in [3.63, 3.8) is 0 Å². The van der Waals surface area contributed by atoms with Crippen LogP contribution < -0.4 is 15.4 Å². The summed E-state index contributed by atoms with van der Waals surface area (Å²) in [4.78, 5) is 37.0. The zero-order chi connectivity index (χ0) is 20.1. The highest BCUT2D eigenvalue weighted by Gasteiger charge is 2.56. The fourth-order valence-electron chi connectivity index (χ4n) is 2.83. The number of nitrogens with one attached hydrogen (secondary N) is 2. The third-order valence-electron chi connectivity index (χ3n) is 4.58. The number of amides is 2. The van der Waals surface area contributed by atoms with E-state index < -0.39 is 17.3 Å². The minimum absolute atomic E-state index is 0.323. The number of anilines is 2. The fraction of sp³-hybridized carbons (Fsp3) is 0.286. The zero-order valence-electron chi connectivity index (χ0n) is 15.8. The number of carbonyl (C=O) groups excluding carboxylic acids is 3. The molecule has 7 nitrogen and oxygen atoms in total. The molecule has 1 fully saturated rings. The summed E-state index contributed by atoms with van der Waals surface area (Å²) >= 11 is 0. The summed E-state index contributed by atoms with van der Waals surface area (Å²) in [7, 11) is 1.29. The largest absolute Gasteiger partial charge is 0.494 e. The first-order chi connectivity index (χ1) is 13.5. The molecule has 0 heterocycles. The molecule has 28 heavy (non-hydrogen) atoms. The number of rotatable bonds is 7.